The Kier molecular flexibility index (Phi) is 8.58. The summed E-state index contributed by atoms with van der Waals surface area (Å²) in [4.78, 5) is 2.42. The average Bonchev–Trinajstić information content (AvgIpc) is 2.89. The van der Waals surface area contributed by atoms with Gasteiger partial charge in [0, 0.05) is 31.9 Å². The number of rotatable bonds is 6. The van der Waals surface area contributed by atoms with Crippen molar-refractivity contribution >= 4 is 56.0 Å². The van der Waals surface area contributed by atoms with Gasteiger partial charge in [0.05, 0.1) is 47.7 Å². The van der Waals surface area contributed by atoms with E-state index in [1.165, 1.54) is 22.5 Å². The molecule has 0 spiro atoms. The molecular weight excluding hydrogens is 510 g/mol. The molecule has 4 rings (SSSR count). The molecule has 0 aromatic heterocycles. The molecule has 0 saturated carbocycles. The van der Waals surface area contributed by atoms with Crippen LogP contribution in [0.4, 0.5) is 11.4 Å². The summed E-state index contributed by atoms with van der Waals surface area (Å²) in [5.41, 5.74) is 6.03. The number of thiocarbonyl (C=S) groups is 1. The van der Waals surface area contributed by atoms with Crippen molar-refractivity contribution in [1.29, 1.82) is 0 Å². The summed E-state index contributed by atoms with van der Waals surface area (Å²) < 4.78 is 38.0. The highest BCUT2D eigenvalue weighted by atomic mass is 35.5. The Bertz CT molecular complexity index is 1180. The Morgan fingerprint density at radius 2 is 1.63 bits per heavy atom. The highest BCUT2D eigenvalue weighted by molar-refractivity contribution is 7.89. The van der Waals surface area contributed by atoms with Gasteiger partial charge >= 0.3 is 0 Å². The minimum atomic E-state index is -3.66. The van der Waals surface area contributed by atoms with Gasteiger partial charge in [0.25, 0.3) is 0 Å². The number of ether oxygens (including phenoxy) is 2. The molecule has 12 heteroatoms. The largest absolute Gasteiger partial charge is 0.379 e. The zero-order valence-electron chi connectivity index (χ0n) is 19.4. The van der Waals surface area contributed by atoms with Gasteiger partial charge in [0.2, 0.25) is 10.0 Å². The lowest BCUT2D eigenvalue weighted by Crippen LogP contribution is -2.40. The van der Waals surface area contributed by atoms with Gasteiger partial charge in [-0.3, -0.25) is 5.43 Å². The fourth-order valence-electron chi connectivity index (χ4n) is 3.78. The van der Waals surface area contributed by atoms with Gasteiger partial charge in [-0.25, -0.2) is 8.42 Å². The Hall–Kier alpha value is -2.28. The van der Waals surface area contributed by atoms with Crippen molar-refractivity contribution in [2.24, 2.45) is 5.10 Å². The first-order valence-electron chi connectivity index (χ1n) is 11.3. The van der Waals surface area contributed by atoms with Gasteiger partial charge < -0.3 is 19.7 Å². The van der Waals surface area contributed by atoms with E-state index < -0.39 is 10.0 Å². The Balaban J connectivity index is 1.39. The molecule has 2 aliphatic heterocycles. The monoisotopic (exact) mass is 537 g/mol. The van der Waals surface area contributed by atoms with Crippen LogP contribution in [0.25, 0.3) is 0 Å². The average molecular weight is 538 g/mol. The molecule has 2 saturated heterocycles. The summed E-state index contributed by atoms with van der Waals surface area (Å²) in [6, 6.07) is 12.6. The molecule has 0 aliphatic carbocycles. The third kappa shape index (κ3) is 6.49. The highest BCUT2D eigenvalue weighted by Crippen LogP contribution is 2.27. The molecule has 2 N–H and O–H groups in total. The van der Waals surface area contributed by atoms with E-state index in [1.807, 2.05) is 19.1 Å². The molecule has 0 unspecified atom stereocenters. The van der Waals surface area contributed by atoms with Gasteiger partial charge in [-0.05, 0) is 55.0 Å². The summed E-state index contributed by atoms with van der Waals surface area (Å²) >= 11 is 11.6. The number of benzene rings is 2. The van der Waals surface area contributed by atoms with Crippen molar-refractivity contribution in [3.05, 3.63) is 53.1 Å². The standard InChI is InChI=1S/C23H28ClN5O4S2/c1-17(18-2-4-19(5-3-18)28-8-12-32-13-9-28)26-27-23(34)25-22-16-20(6-7-21(22)24)35(30,31)29-10-14-33-15-11-29/h2-7,16H,8-15H2,1H3,(H2,25,27,34)/b26-17-. The Labute approximate surface area is 216 Å². The number of hydrogen-bond donors (Lipinski definition) is 2. The maximum absolute atomic E-state index is 13.0. The SMILES string of the molecule is C/C(=N/NC(=S)Nc1cc(S(=O)(=O)N2CCOCC2)ccc1Cl)c1ccc(N2CCOCC2)cc1. The molecule has 9 nitrogen and oxygen atoms in total. The molecule has 0 radical (unpaired) electrons. The fraction of sp³-hybridized carbons (Fsp3) is 0.391. The van der Waals surface area contributed by atoms with E-state index in [0.29, 0.717) is 37.0 Å². The summed E-state index contributed by atoms with van der Waals surface area (Å²) in [5, 5.41) is 7.83. The van der Waals surface area contributed by atoms with Crippen LogP contribution >= 0.6 is 23.8 Å². The molecule has 2 heterocycles. The maximum atomic E-state index is 13.0. The minimum absolute atomic E-state index is 0.133. The number of hydrogen-bond acceptors (Lipinski definition) is 7. The molecular formula is C23H28ClN5O4S2. The summed E-state index contributed by atoms with van der Waals surface area (Å²) in [5.74, 6) is 0. The van der Waals surface area contributed by atoms with Crippen molar-refractivity contribution in [3.63, 3.8) is 0 Å². The second-order valence-corrected chi connectivity index (χ2v) is 10.8. The number of nitrogens with zero attached hydrogens (tertiary/aromatic N) is 3. The lowest BCUT2D eigenvalue weighted by molar-refractivity contribution is 0.0730. The van der Waals surface area contributed by atoms with Crippen LogP contribution in [0.5, 0.6) is 0 Å². The van der Waals surface area contributed by atoms with E-state index in [1.54, 1.807) is 0 Å². The van der Waals surface area contributed by atoms with E-state index in [2.05, 4.69) is 32.9 Å². The van der Waals surface area contributed by atoms with Crippen molar-refractivity contribution < 1.29 is 17.9 Å². The summed E-state index contributed by atoms with van der Waals surface area (Å²) in [6.07, 6.45) is 0. The van der Waals surface area contributed by atoms with E-state index in [9.17, 15) is 8.42 Å². The van der Waals surface area contributed by atoms with Crippen LogP contribution in [-0.4, -0.2) is 76.2 Å². The van der Waals surface area contributed by atoms with Crippen LogP contribution in [0.3, 0.4) is 0 Å². The van der Waals surface area contributed by atoms with E-state index >= 15 is 0 Å². The fourth-order valence-corrected chi connectivity index (χ4v) is 5.54. The minimum Gasteiger partial charge on any atom is -0.379 e. The molecule has 0 amide bonds. The molecule has 2 aliphatic rings. The zero-order chi connectivity index (χ0) is 24.8. The topological polar surface area (TPSA) is 95.5 Å². The van der Waals surface area contributed by atoms with Crippen LogP contribution in [0.15, 0.2) is 52.5 Å². The molecule has 0 bridgehead atoms. The van der Waals surface area contributed by atoms with Gasteiger partial charge in [0.15, 0.2) is 5.11 Å². The van der Waals surface area contributed by atoms with Gasteiger partial charge in [0.1, 0.15) is 0 Å². The second kappa shape index (κ2) is 11.6. The first-order valence-corrected chi connectivity index (χ1v) is 13.5. The first-order chi connectivity index (χ1) is 16.8. The Morgan fingerprint density at radius 1 is 1.00 bits per heavy atom. The van der Waals surface area contributed by atoms with Crippen LogP contribution in [0.2, 0.25) is 5.02 Å². The molecule has 35 heavy (non-hydrogen) atoms. The van der Waals surface area contributed by atoms with E-state index in [0.717, 1.165) is 43.3 Å². The molecule has 2 aromatic carbocycles. The van der Waals surface area contributed by atoms with Gasteiger partial charge in [-0.1, -0.05) is 23.7 Å². The van der Waals surface area contributed by atoms with Crippen LogP contribution in [-0.2, 0) is 19.5 Å². The van der Waals surface area contributed by atoms with Crippen molar-refractivity contribution in [1.82, 2.24) is 9.73 Å². The van der Waals surface area contributed by atoms with Crippen LogP contribution in [0, 0.1) is 0 Å². The quantitative estimate of drug-likeness (QED) is 0.330. The number of halogens is 1. The lowest BCUT2D eigenvalue weighted by atomic mass is 10.1. The molecule has 188 valence electrons. The number of nitrogens with one attached hydrogen (secondary N) is 2. The zero-order valence-corrected chi connectivity index (χ0v) is 21.8. The third-order valence-electron chi connectivity index (χ3n) is 5.78. The predicted molar refractivity (Wildman–Crippen MR) is 142 cm³/mol. The van der Waals surface area contributed by atoms with Crippen LogP contribution < -0.4 is 15.6 Å². The van der Waals surface area contributed by atoms with Gasteiger partial charge in [-0.2, -0.15) is 9.41 Å². The maximum Gasteiger partial charge on any atom is 0.243 e. The normalized spacial score (nSPS) is 17.8. The smallest absolute Gasteiger partial charge is 0.243 e. The highest BCUT2D eigenvalue weighted by Gasteiger charge is 2.27. The number of hydrazone groups is 1. The molecule has 2 aromatic rings. The van der Waals surface area contributed by atoms with Crippen LogP contribution in [0.1, 0.15) is 12.5 Å². The number of morpholine rings is 2. The summed E-state index contributed by atoms with van der Waals surface area (Å²) in [7, 11) is -3.66. The first kappa shape index (κ1) is 25.8. The third-order valence-corrected chi connectivity index (χ3v) is 8.20. The Morgan fingerprint density at radius 3 is 2.29 bits per heavy atom. The molecule has 0 atom stereocenters. The van der Waals surface area contributed by atoms with Crippen molar-refractivity contribution in [2.45, 2.75) is 11.8 Å². The summed E-state index contributed by atoms with van der Waals surface area (Å²) in [6.45, 7) is 6.49. The number of anilines is 2. The van der Waals surface area contributed by atoms with Crippen molar-refractivity contribution in [2.75, 3.05) is 62.8 Å². The lowest BCUT2D eigenvalue weighted by Gasteiger charge is -2.28. The second-order valence-electron chi connectivity index (χ2n) is 8.07. The van der Waals surface area contributed by atoms with E-state index in [4.69, 9.17) is 33.3 Å². The van der Waals surface area contributed by atoms with Crippen molar-refractivity contribution in [3.8, 4) is 0 Å². The van der Waals surface area contributed by atoms with Gasteiger partial charge in [-0.15, -0.1) is 0 Å². The number of sulfonamides is 1. The van der Waals surface area contributed by atoms with E-state index in [-0.39, 0.29) is 10.0 Å². The predicted octanol–water partition coefficient (Wildman–Crippen LogP) is 2.91. The molecule has 2 fully saturated rings.